The Bertz CT molecular complexity index is 351. The molecule has 1 aromatic rings. The van der Waals surface area contributed by atoms with Crippen molar-refractivity contribution in [2.75, 3.05) is 18.8 Å². The van der Waals surface area contributed by atoms with Crippen molar-refractivity contribution in [2.45, 2.75) is 31.7 Å². The fraction of sp³-hybridized carbons (Fsp3) is 0.727. The summed E-state index contributed by atoms with van der Waals surface area (Å²) in [7, 11) is 0. The molecule has 2 heterocycles. The highest BCUT2D eigenvalue weighted by Crippen LogP contribution is 2.30. The predicted molar refractivity (Wildman–Crippen MR) is 66.2 cm³/mol. The largest absolute Gasteiger partial charge is 0.360 e. The molecule has 4 nitrogen and oxygen atoms in total. The van der Waals surface area contributed by atoms with Crippen LogP contribution in [0, 0.1) is 0 Å². The van der Waals surface area contributed by atoms with Crippen LogP contribution in [-0.2, 0) is 13.1 Å². The van der Waals surface area contributed by atoms with E-state index in [1.165, 1.54) is 5.75 Å². The molecule has 1 aromatic heterocycles. The number of rotatable bonds is 3. The number of nitrogens with zero attached hydrogens (tertiary/aromatic N) is 2. The molecule has 0 amide bonds. The van der Waals surface area contributed by atoms with Gasteiger partial charge in [-0.3, -0.25) is 4.90 Å². The van der Waals surface area contributed by atoms with Crippen LogP contribution in [0.5, 0.6) is 0 Å². The zero-order valence-electron chi connectivity index (χ0n) is 9.90. The van der Waals surface area contributed by atoms with Crippen LogP contribution in [0.3, 0.4) is 0 Å². The molecule has 0 unspecified atom stereocenters. The summed E-state index contributed by atoms with van der Waals surface area (Å²) in [5.74, 6) is 2.10. The predicted octanol–water partition coefficient (Wildman–Crippen LogP) is 1.46. The van der Waals surface area contributed by atoms with Crippen LogP contribution in [0.1, 0.15) is 25.3 Å². The Morgan fingerprint density at radius 3 is 3.06 bits per heavy atom. The van der Waals surface area contributed by atoms with Crippen LogP contribution in [0.15, 0.2) is 10.6 Å². The molecule has 0 radical (unpaired) electrons. The van der Waals surface area contributed by atoms with Crippen molar-refractivity contribution in [3.8, 4) is 0 Å². The second-order valence-electron chi connectivity index (χ2n) is 4.81. The number of thioether (sulfide) groups is 1. The van der Waals surface area contributed by atoms with Gasteiger partial charge < -0.3 is 10.3 Å². The van der Waals surface area contributed by atoms with Crippen LogP contribution in [-0.4, -0.2) is 33.6 Å². The van der Waals surface area contributed by atoms with Gasteiger partial charge in [0.15, 0.2) is 5.76 Å². The van der Waals surface area contributed by atoms with Gasteiger partial charge in [0.05, 0.1) is 12.2 Å². The molecule has 1 aliphatic rings. The molecule has 5 heteroatoms. The molecular weight excluding hydrogens is 222 g/mol. The topological polar surface area (TPSA) is 55.3 Å². The van der Waals surface area contributed by atoms with Gasteiger partial charge in [-0.25, -0.2) is 0 Å². The summed E-state index contributed by atoms with van der Waals surface area (Å²) in [6.07, 6.45) is 0. The maximum atomic E-state index is 5.50. The molecule has 1 fully saturated rings. The maximum Gasteiger partial charge on any atom is 0.151 e. The minimum atomic E-state index is 0.342. The summed E-state index contributed by atoms with van der Waals surface area (Å²) < 4.78 is 5.59. The molecule has 2 rings (SSSR count). The molecule has 0 atom stereocenters. The fourth-order valence-corrected chi connectivity index (χ4v) is 3.17. The van der Waals surface area contributed by atoms with Crippen LogP contribution in [0.25, 0.3) is 0 Å². The molecule has 0 saturated carbocycles. The van der Waals surface area contributed by atoms with E-state index in [2.05, 4.69) is 23.9 Å². The van der Waals surface area contributed by atoms with Gasteiger partial charge in [-0.2, -0.15) is 11.8 Å². The second kappa shape index (κ2) is 4.77. The summed E-state index contributed by atoms with van der Waals surface area (Å²) in [5.41, 5.74) is 6.33. The first-order chi connectivity index (χ1) is 7.59. The summed E-state index contributed by atoms with van der Waals surface area (Å²) >= 11 is 2.04. The van der Waals surface area contributed by atoms with Crippen molar-refractivity contribution in [3.05, 3.63) is 17.5 Å². The average molecular weight is 241 g/mol. The zero-order valence-corrected chi connectivity index (χ0v) is 10.7. The number of hydrogen-bond acceptors (Lipinski definition) is 5. The van der Waals surface area contributed by atoms with Gasteiger partial charge in [0.25, 0.3) is 0 Å². The minimum Gasteiger partial charge on any atom is -0.360 e. The van der Waals surface area contributed by atoms with Gasteiger partial charge in [-0.05, 0) is 13.8 Å². The Morgan fingerprint density at radius 2 is 2.44 bits per heavy atom. The Labute approximate surface area is 101 Å². The fourth-order valence-electron chi connectivity index (χ4n) is 2.00. The van der Waals surface area contributed by atoms with E-state index in [-0.39, 0.29) is 0 Å². The van der Waals surface area contributed by atoms with Gasteiger partial charge in [-0.1, -0.05) is 5.16 Å². The molecular formula is C11H19N3OS. The lowest BCUT2D eigenvalue weighted by Gasteiger charge is -2.36. The number of aromatic nitrogens is 1. The molecule has 1 saturated heterocycles. The summed E-state index contributed by atoms with van der Waals surface area (Å²) in [6, 6.07) is 1.95. The van der Waals surface area contributed by atoms with Crippen molar-refractivity contribution in [3.63, 3.8) is 0 Å². The van der Waals surface area contributed by atoms with E-state index in [1.54, 1.807) is 0 Å². The van der Waals surface area contributed by atoms with E-state index < -0.39 is 0 Å². The summed E-state index contributed by atoms with van der Waals surface area (Å²) in [6.45, 7) is 8.08. The van der Waals surface area contributed by atoms with E-state index in [0.717, 1.165) is 31.1 Å². The average Bonchev–Trinajstić information content (AvgIpc) is 2.64. The molecule has 16 heavy (non-hydrogen) atoms. The molecule has 1 aliphatic heterocycles. The molecule has 0 bridgehead atoms. The van der Waals surface area contributed by atoms with Gasteiger partial charge in [0, 0.05) is 36.2 Å². The van der Waals surface area contributed by atoms with Crippen LogP contribution >= 0.6 is 11.8 Å². The van der Waals surface area contributed by atoms with E-state index in [4.69, 9.17) is 10.3 Å². The van der Waals surface area contributed by atoms with Crippen molar-refractivity contribution in [1.29, 1.82) is 0 Å². The molecule has 0 spiro atoms. The number of nitrogens with two attached hydrogens (primary N) is 1. The van der Waals surface area contributed by atoms with Crippen LogP contribution in [0.2, 0.25) is 0 Å². The van der Waals surface area contributed by atoms with E-state index in [9.17, 15) is 0 Å². The molecule has 0 aliphatic carbocycles. The third-order valence-electron chi connectivity index (χ3n) is 2.70. The van der Waals surface area contributed by atoms with Crippen molar-refractivity contribution in [2.24, 2.45) is 5.73 Å². The van der Waals surface area contributed by atoms with Crippen LogP contribution < -0.4 is 5.73 Å². The van der Waals surface area contributed by atoms with Crippen LogP contribution in [0.4, 0.5) is 0 Å². The lowest BCUT2D eigenvalue weighted by molar-refractivity contribution is 0.221. The van der Waals surface area contributed by atoms with Crippen molar-refractivity contribution < 1.29 is 4.52 Å². The van der Waals surface area contributed by atoms with Crippen molar-refractivity contribution in [1.82, 2.24) is 10.1 Å². The molecule has 2 N–H and O–H groups in total. The van der Waals surface area contributed by atoms with Gasteiger partial charge >= 0.3 is 0 Å². The first-order valence-corrected chi connectivity index (χ1v) is 6.58. The van der Waals surface area contributed by atoms with Gasteiger partial charge in [0.1, 0.15) is 0 Å². The van der Waals surface area contributed by atoms with E-state index in [0.29, 0.717) is 11.3 Å². The third kappa shape index (κ3) is 2.99. The van der Waals surface area contributed by atoms with E-state index in [1.807, 2.05) is 17.8 Å². The maximum absolute atomic E-state index is 5.50. The minimum absolute atomic E-state index is 0.342. The Kier molecular flexibility index (Phi) is 3.56. The molecule has 0 aromatic carbocycles. The highest BCUT2D eigenvalue weighted by Gasteiger charge is 2.27. The van der Waals surface area contributed by atoms with Crippen molar-refractivity contribution >= 4 is 11.8 Å². The normalized spacial score (nSPS) is 21.2. The lowest BCUT2D eigenvalue weighted by Crippen LogP contribution is -2.42. The monoisotopic (exact) mass is 241 g/mol. The Morgan fingerprint density at radius 1 is 1.62 bits per heavy atom. The Balaban J connectivity index is 1.94. The number of hydrogen-bond donors (Lipinski definition) is 1. The summed E-state index contributed by atoms with van der Waals surface area (Å²) in [4.78, 5) is 2.41. The first-order valence-electron chi connectivity index (χ1n) is 5.60. The second-order valence-corrected chi connectivity index (χ2v) is 6.61. The van der Waals surface area contributed by atoms with E-state index >= 15 is 0 Å². The lowest BCUT2D eigenvalue weighted by atomic mass is 10.2. The standard InChI is InChI=1S/C11H19N3OS/c1-11(2)8-14(3-4-16-11)7-10-5-9(6-12)13-15-10/h5H,3-4,6-8,12H2,1-2H3. The zero-order chi connectivity index (χ0) is 11.6. The molecule has 90 valence electrons. The highest BCUT2D eigenvalue weighted by molar-refractivity contribution is 8.00. The quantitative estimate of drug-likeness (QED) is 0.868. The SMILES string of the molecule is CC1(C)CN(Cc2cc(CN)no2)CCS1. The Hall–Kier alpha value is -0.520. The first kappa shape index (κ1) is 12.0. The smallest absolute Gasteiger partial charge is 0.151 e. The third-order valence-corrected chi connectivity index (χ3v) is 4.00. The summed E-state index contributed by atoms with van der Waals surface area (Å²) in [5, 5.41) is 3.90. The van der Waals surface area contributed by atoms with Gasteiger partial charge in [-0.15, -0.1) is 0 Å². The highest BCUT2D eigenvalue weighted by atomic mass is 32.2. The van der Waals surface area contributed by atoms with Gasteiger partial charge in [0.2, 0.25) is 0 Å².